The Morgan fingerprint density at radius 3 is 2.58 bits per heavy atom. The zero-order chi connectivity index (χ0) is 25.1. The summed E-state index contributed by atoms with van der Waals surface area (Å²) in [6.45, 7) is 7.30. The molecule has 0 N–H and O–H groups in total. The summed E-state index contributed by atoms with van der Waals surface area (Å²) in [4.78, 5) is 24.1. The van der Waals surface area contributed by atoms with Crippen molar-refractivity contribution in [3.63, 3.8) is 0 Å². The average molecular weight is 495 g/mol. The van der Waals surface area contributed by atoms with Crippen molar-refractivity contribution in [3.05, 3.63) is 58.9 Å². The maximum atomic E-state index is 15.8. The van der Waals surface area contributed by atoms with Gasteiger partial charge in [-0.05, 0) is 80.1 Å². The van der Waals surface area contributed by atoms with E-state index in [0.717, 1.165) is 56.8 Å². The molecule has 7 heteroatoms. The molecular weight excluding hydrogens is 455 g/mol. The number of likely N-dealkylation sites (tertiary alicyclic amines) is 2. The number of ether oxygens (including phenoxy) is 1. The lowest BCUT2D eigenvalue weighted by molar-refractivity contribution is -0.149. The molecule has 36 heavy (non-hydrogen) atoms. The van der Waals surface area contributed by atoms with Gasteiger partial charge in [-0.2, -0.15) is 0 Å². The lowest BCUT2D eigenvalue weighted by atomic mass is 9.90. The summed E-state index contributed by atoms with van der Waals surface area (Å²) in [5.41, 5.74) is 3.22. The van der Waals surface area contributed by atoms with E-state index < -0.39 is 5.67 Å². The Morgan fingerprint density at radius 1 is 1.08 bits per heavy atom. The molecule has 6 nitrogen and oxygen atoms in total. The summed E-state index contributed by atoms with van der Waals surface area (Å²) in [5.74, 6) is 0.640. The van der Waals surface area contributed by atoms with Crippen LogP contribution in [0.1, 0.15) is 54.5 Å². The fourth-order valence-corrected chi connectivity index (χ4v) is 6.16. The number of hydrogen-bond acceptors (Lipinski definition) is 5. The van der Waals surface area contributed by atoms with Crippen molar-refractivity contribution in [1.82, 2.24) is 19.7 Å². The number of piperidine rings is 2. The van der Waals surface area contributed by atoms with E-state index in [2.05, 4.69) is 33.0 Å². The second-order valence-corrected chi connectivity index (χ2v) is 10.8. The van der Waals surface area contributed by atoms with E-state index in [1.54, 1.807) is 12.0 Å². The second-order valence-electron chi connectivity index (χ2n) is 10.8. The van der Waals surface area contributed by atoms with Crippen molar-refractivity contribution in [2.24, 2.45) is 0 Å². The lowest BCUT2D eigenvalue weighted by Crippen LogP contribution is -2.55. The van der Waals surface area contributed by atoms with E-state index >= 15 is 4.39 Å². The number of benzene rings is 1. The van der Waals surface area contributed by atoms with E-state index in [9.17, 15) is 4.79 Å². The minimum atomic E-state index is -1.72. The van der Waals surface area contributed by atoms with Crippen LogP contribution in [0, 0.1) is 6.92 Å². The summed E-state index contributed by atoms with van der Waals surface area (Å²) in [5, 5.41) is 0. The zero-order valence-corrected chi connectivity index (χ0v) is 21.7. The third kappa shape index (κ3) is 5.57. The number of aromatic nitrogens is 1. The average Bonchev–Trinajstić information content (AvgIpc) is 3.12. The highest BCUT2D eigenvalue weighted by atomic mass is 19.1. The summed E-state index contributed by atoms with van der Waals surface area (Å²) in [6, 6.07) is 11.0. The van der Waals surface area contributed by atoms with Crippen LogP contribution >= 0.6 is 0 Å². The Balaban J connectivity index is 1.12. The number of aryl methyl sites for hydroxylation is 2. The molecule has 0 saturated carbocycles. The van der Waals surface area contributed by atoms with Crippen molar-refractivity contribution < 1.29 is 13.9 Å². The van der Waals surface area contributed by atoms with E-state index in [0.29, 0.717) is 32.2 Å². The minimum Gasteiger partial charge on any atom is -0.497 e. The van der Waals surface area contributed by atoms with Gasteiger partial charge in [0.25, 0.3) is 5.91 Å². The minimum absolute atomic E-state index is 0.280. The van der Waals surface area contributed by atoms with Crippen molar-refractivity contribution >= 4 is 5.91 Å². The van der Waals surface area contributed by atoms with Gasteiger partial charge < -0.3 is 9.64 Å². The van der Waals surface area contributed by atoms with E-state index in [-0.39, 0.29) is 18.7 Å². The summed E-state index contributed by atoms with van der Waals surface area (Å²) >= 11 is 0. The number of amides is 1. The van der Waals surface area contributed by atoms with Crippen molar-refractivity contribution in [1.29, 1.82) is 0 Å². The number of nitrogens with zero attached hydrogens (tertiary/aromatic N) is 4. The monoisotopic (exact) mass is 494 g/mol. The molecule has 3 aliphatic heterocycles. The molecule has 0 spiro atoms. The molecule has 194 valence electrons. The molecule has 0 bridgehead atoms. The molecule has 3 aliphatic rings. The molecule has 0 unspecified atom stereocenters. The molecule has 2 fully saturated rings. The van der Waals surface area contributed by atoms with Gasteiger partial charge in [0.05, 0.1) is 7.11 Å². The number of carbonyl (C=O) groups excluding carboxylic acids is 1. The molecule has 1 aromatic heterocycles. The Morgan fingerprint density at radius 2 is 1.86 bits per heavy atom. The van der Waals surface area contributed by atoms with Crippen LogP contribution in [-0.2, 0) is 24.3 Å². The number of hydrogen-bond donors (Lipinski definition) is 0. The van der Waals surface area contributed by atoms with Crippen molar-refractivity contribution in [2.45, 2.75) is 70.2 Å². The molecule has 1 aromatic carbocycles. The predicted molar refractivity (Wildman–Crippen MR) is 139 cm³/mol. The molecule has 1 amide bonds. The quantitative estimate of drug-likeness (QED) is 0.625. The summed E-state index contributed by atoms with van der Waals surface area (Å²) < 4.78 is 21.2. The standard InChI is InChI=1S/C29H39FN4O2/c1-22-18-23(7-12-31-22)20-32-16-10-29(30,11-17-32)28(35)33-14-8-26(9-15-33)34-13-3-4-24-19-27(36-2)6-5-25(24)21-34/h5-7,12,18-19,26H,3-4,8-11,13-17,20-21H2,1-2H3. The Labute approximate surface area is 214 Å². The SMILES string of the molecule is COc1ccc2c(c1)CCCN(C1CCN(C(=O)C3(F)CCN(Cc4ccnc(C)c4)CC3)CC1)C2. The Hall–Kier alpha value is -2.51. The normalized spacial score (nSPS) is 21.6. The van der Waals surface area contributed by atoms with Gasteiger partial charge in [0, 0.05) is 70.0 Å². The molecule has 2 saturated heterocycles. The third-order valence-electron chi connectivity index (χ3n) is 8.35. The molecule has 4 heterocycles. The molecule has 0 atom stereocenters. The van der Waals surface area contributed by atoms with Crippen LogP contribution in [0.2, 0.25) is 0 Å². The summed E-state index contributed by atoms with van der Waals surface area (Å²) in [7, 11) is 1.72. The van der Waals surface area contributed by atoms with Gasteiger partial charge in [0.2, 0.25) is 0 Å². The first-order chi connectivity index (χ1) is 17.4. The van der Waals surface area contributed by atoms with Crippen molar-refractivity contribution in [3.8, 4) is 5.75 Å². The third-order valence-corrected chi connectivity index (χ3v) is 8.35. The first-order valence-electron chi connectivity index (χ1n) is 13.5. The Kier molecular flexibility index (Phi) is 7.58. The highest BCUT2D eigenvalue weighted by Gasteiger charge is 2.45. The van der Waals surface area contributed by atoms with Crippen LogP contribution in [0.4, 0.5) is 4.39 Å². The molecule has 2 aromatic rings. The second kappa shape index (κ2) is 10.9. The van der Waals surface area contributed by atoms with Crippen molar-refractivity contribution in [2.75, 3.05) is 39.8 Å². The van der Waals surface area contributed by atoms with Crippen LogP contribution in [0.15, 0.2) is 36.5 Å². The zero-order valence-electron chi connectivity index (χ0n) is 21.7. The number of alkyl halides is 1. The van der Waals surface area contributed by atoms with Gasteiger partial charge in [-0.3, -0.25) is 19.6 Å². The summed E-state index contributed by atoms with van der Waals surface area (Å²) in [6.07, 6.45) is 6.42. The predicted octanol–water partition coefficient (Wildman–Crippen LogP) is 4.14. The lowest BCUT2D eigenvalue weighted by Gasteiger charge is -2.42. The molecular formula is C29H39FN4O2. The highest BCUT2D eigenvalue weighted by molar-refractivity contribution is 5.85. The van der Waals surface area contributed by atoms with Crippen LogP contribution in [0.5, 0.6) is 5.75 Å². The maximum Gasteiger partial charge on any atom is 0.260 e. The van der Waals surface area contributed by atoms with Gasteiger partial charge in [-0.15, -0.1) is 0 Å². The number of halogens is 1. The number of methoxy groups -OCH3 is 1. The van der Waals surface area contributed by atoms with Crippen LogP contribution in [0.3, 0.4) is 0 Å². The number of rotatable bonds is 5. The van der Waals surface area contributed by atoms with Gasteiger partial charge in [0.15, 0.2) is 5.67 Å². The largest absolute Gasteiger partial charge is 0.497 e. The van der Waals surface area contributed by atoms with Gasteiger partial charge >= 0.3 is 0 Å². The number of pyridine rings is 1. The fourth-order valence-electron chi connectivity index (χ4n) is 6.16. The van der Waals surface area contributed by atoms with E-state index in [1.165, 1.54) is 16.7 Å². The molecule has 0 aliphatic carbocycles. The number of carbonyl (C=O) groups is 1. The van der Waals surface area contributed by atoms with Crippen LogP contribution in [-0.4, -0.2) is 77.1 Å². The van der Waals surface area contributed by atoms with Gasteiger partial charge in [0.1, 0.15) is 5.75 Å². The van der Waals surface area contributed by atoms with Gasteiger partial charge in [-0.25, -0.2) is 4.39 Å². The number of fused-ring (bicyclic) bond motifs is 1. The van der Waals surface area contributed by atoms with E-state index in [1.807, 2.05) is 25.3 Å². The first-order valence-corrected chi connectivity index (χ1v) is 13.5. The van der Waals surface area contributed by atoms with E-state index in [4.69, 9.17) is 4.74 Å². The van der Waals surface area contributed by atoms with Crippen LogP contribution in [0.25, 0.3) is 0 Å². The smallest absolute Gasteiger partial charge is 0.260 e. The topological polar surface area (TPSA) is 48.9 Å². The van der Waals surface area contributed by atoms with Crippen LogP contribution < -0.4 is 4.74 Å². The highest BCUT2D eigenvalue weighted by Crippen LogP contribution is 2.32. The van der Waals surface area contributed by atoms with Gasteiger partial charge in [-0.1, -0.05) is 6.07 Å². The molecule has 5 rings (SSSR count). The first kappa shape index (κ1) is 25.2. The Bertz CT molecular complexity index is 1060. The fraction of sp³-hybridized carbons (Fsp3) is 0.586. The molecule has 0 radical (unpaired) electrons. The maximum absolute atomic E-state index is 15.8.